The quantitative estimate of drug-likeness (QED) is 0.919. The molecule has 1 aromatic heterocycles. The topological polar surface area (TPSA) is 44.5 Å². The van der Waals surface area contributed by atoms with Crippen LogP contribution in [0.25, 0.3) is 11.1 Å². The van der Waals surface area contributed by atoms with E-state index < -0.39 is 0 Å². The monoisotopic (exact) mass is 306 g/mol. The number of benzene rings is 1. The van der Waals surface area contributed by atoms with Crippen LogP contribution in [0.1, 0.15) is 6.42 Å². The summed E-state index contributed by atoms with van der Waals surface area (Å²) in [6.45, 7) is 6.37. The average molecular weight is 307 g/mol. The average Bonchev–Trinajstić information content (AvgIpc) is 3.16. The Morgan fingerprint density at radius 3 is 2.86 bits per heavy atom. The third kappa shape index (κ3) is 2.61. The van der Waals surface area contributed by atoms with Gasteiger partial charge in [-0.2, -0.15) is 4.98 Å². The molecule has 0 spiro atoms. The normalized spacial score (nSPS) is 24.0. The summed E-state index contributed by atoms with van der Waals surface area (Å²) in [5.41, 5.74) is 1.64. The number of nitrogens with zero attached hydrogens (tertiary/aromatic N) is 3. The molecule has 1 atom stereocenters. The van der Waals surface area contributed by atoms with Crippen molar-refractivity contribution in [1.82, 2.24) is 15.2 Å². The zero-order valence-electron chi connectivity index (χ0n) is 11.9. The fraction of sp³-hybridized carbons (Fsp3) is 0.533. The summed E-state index contributed by atoms with van der Waals surface area (Å²) in [6.07, 6.45) is 1.27. The lowest BCUT2D eigenvalue weighted by Crippen LogP contribution is -2.51. The van der Waals surface area contributed by atoms with Crippen molar-refractivity contribution in [3.63, 3.8) is 0 Å². The Balaban J connectivity index is 1.46. The first-order chi connectivity index (χ1) is 10.3. The number of nitrogens with one attached hydrogen (secondary N) is 1. The van der Waals surface area contributed by atoms with Gasteiger partial charge in [0.15, 0.2) is 5.58 Å². The van der Waals surface area contributed by atoms with Crippen LogP contribution in [-0.2, 0) is 0 Å². The van der Waals surface area contributed by atoms with Gasteiger partial charge in [-0.1, -0.05) is 11.6 Å². The van der Waals surface area contributed by atoms with E-state index in [0.29, 0.717) is 11.1 Å². The van der Waals surface area contributed by atoms with Gasteiger partial charge in [0.1, 0.15) is 5.52 Å². The molecule has 3 heterocycles. The van der Waals surface area contributed by atoms with E-state index in [1.54, 1.807) is 0 Å². The first kappa shape index (κ1) is 13.4. The molecule has 2 saturated heterocycles. The smallest absolute Gasteiger partial charge is 0.298 e. The Morgan fingerprint density at radius 2 is 2.10 bits per heavy atom. The van der Waals surface area contributed by atoms with Gasteiger partial charge >= 0.3 is 0 Å². The first-order valence-corrected chi connectivity index (χ1v) is 7.93. The third-order valence-electron chi connectivity index (χ3n) is 4.47. The zero-order chi connectivity index (χ0) is 14.2. The predicted molar refractivity (Wildman–Crippen MR) is 84.1 cm³/mol. The summed E-state index contributed by atoms with van der Waals surface area (Å²) in [4.78, 5) is 9.38. The van der Waals surface area contributed by atoms with Crippen molar-refractivity contribution in [2.24, 2.45) is 0 Å². The molecule has 6 heteroatoms. The van der Waals surface area contributed by atoms with Gasteiger partial charge in [0.25, 0.3) is 6.01 Å². The lowest BCUT2D eigenvalue weighted by atomic mass is 10.2. The third-order valence-corrected chi connectivity index (χ3v) is 4.71. The fourth-order valence-electron chi connectivity index (χ4n) is 3.25. The number of piperazine rings is 1. The second kappa shape index (κ2) is 5.48. The molecule has 2 fully saturated rings. The Kier molecular flexibility index (Phi) is 3.49. The van der Waals surface area contributed by atoms with Crippen LogP contribution in [0, 0.1) is 0 Å². The molecule has 0 saturated carbocycles. The number of oxazole rings is 1. The number of halogens is 1. The minimum absolute atomic E-state index is 0.684. The van der Waals surface area contributed by atoms with Crippen LogP contribution in [0.15, 0.2) is 22.6 Å². The van der Waals surface area contributed by atoms with Gasteiger partial charge < -0.3 is 14.6 Å². The molecule has 0 bridgehead atoms. The summed E-state index contributed by atoms with van der Waals surface area (Å²) in [6, 6.07) is 7.01. The lowest BCUT2D eigenvalue weighted by molar-refractivity contribution is 0.194. The molecule has 21 heavy (non-hydrogen) atoms. The summed E-state index contributed by atoms with van der Waals surface area (Å²) >= 11 is 5.99. The minimum Gasteiger partial charge on any atom is -0.423 e. The van der Waals surface area contributed by atoms with Crippen LogP contribution in [-0.4, -0.2) is 55.2 Å². The molecule has 2 aliphatic rings. The van der Waals surface area contributed by atoms with Gasteiger partial charge in [0, 0.05) is 49.9 Å². The summed E-state index contributed by atoms with van der Waals surface area (Å²) < 4.78 is 5.85. The Morgan fingerprint density at radius 1 is 1.24 bits per heavy atom. The summed E-state index contributed by atoms with van der Waals surface area (Å²) in [7, 11) is 0. The van der Waals surface area contributed by atoms with E-state index in [4.69, 9.17) is 16.0 Å². The van der Waals surface area contributed by atoms with Gasteiger partial charge in [-0.05, 0) is 25.1 Å². The molecule has 2 aromatic rings. The number of hydrogen-bond donors (Lipinski definition) is 1. The second-order valence-electron chi connectivity index (χ2n) is 5.78. The molecule has 0 amide bonds. The number of fused-ring (bicyclic) bond motifs is 1. The van der Waals surface area contributed by atoms with E-state index in [0.717, 1.165) is 56.4 Å². The molecule has 5 nitrogen and oxygen atoms in total. The standard InChI is InChI=1S/C15H19ClN4O/c16-11-1-2-13-14(9-11)21-15(18-13)20-7-5-19(6-8-20)12-3-4-17-10-12/h1-2,9,12,17H,3-8,10H2/t12-/m0/s1. The molecule has 112 valence electrons. The van der Waals surface area contributed by atoms with E-state index in [1.807, 2.05) is 18.2 Å². The summed E-state index contributed by atoms with van der Waals surface area (Å²) in [5, 5.41) is 4.12. The van der Waals surface area contributed by atoms with Gasteiger partial charge in [-0.15, -0.1) is 0 Å². The molecule has 2 aliphatic heterocycles. The molecule has 0 unspecified atom stereocenters. The largest absolute Gasteiger partial charge is 0.423 e. The molecule has 1 N–H and O–H groups in total. The lowest BCUT2D eigenvalue weighted by Gasteiger charge is -2.37. The van der Waals surface area contributed by atoms with E-state index in [1.165, 1.54) is 6.42 Å². The highest BCUT2D eigenvalue weighted by Gasteiger charge is 2.27. The molecule has 0 aliphatic carbocycles. The van der Waals surface area contributed by atoms with Crippen LogP contribution in [0.5, 0.6) is 0 Å². The van der Waals surface area contributed by atoms with Crippen LogP contribution >= 0.6 is 11.6 Å². The van der Waals surface area contributed by atoms with E-state index in [2.05, 4.69) is 20.1 Å². The molecule has 0 radical (unpaired) electrons. The highest BCUT2D eigenvalue weighted by atomic mass is 35.5. The number of hydrogen-bond acceptors (Lipinski definition) is 5. The van der Waals surface area contributed by atoms with Crippen molar-refractivity contribution >= 4 is 28.7 Å². The fourth-order valence-corrected chi connectivity index (χ4v) is 3.41. The molecule has 4 rings (SSSR count). The van der Waals surface area contributed by atoms with Gasteiger partial charge in [-0.25, -0.2) is 0 Å². The molecular formula is C15H19ClN4O. The Bertz CT molecular complexity index is 630. The number of rotatable bonds is 2. The van der Waals surface area contributed by atoms with Crippen LogP contribution in [0.4, 0.5) is 6.01 Å². The Hall–Kier alpha value is -1.30. The van der Waals surface area contributed by atoms with Gasteiger partial charge in [0.2, 0.25) is 0 Å². The van der Waals surface area contributed by atoms with Gasteiger partial charge in [0.05, 0.1) is 0 Å². The predicted octanol–water partition coefficient (Wildman–Crippen LogP) is 1.97. The Labute approximate surface area is 128 Å². The van der Waals surface area contributed by atoms with E-state index >= 15 is 0 Å². The molecular weight excluding hydrogens is 288 g/mol. The van der Waals surface area contributed by atoms with Crippen molar-refractivity contribution in [2.75, 3.05) is 44.2 Å². The van der Waals surface area contributed by atoms with Crippen LogP contribution in [0.2, 0.25) is 5.02 Å². The minimum atomic E-state index is 0.684. The van der Waals surface area contributed by atoms with Crippen molar-refractivity contribution in [3.05, 3.63) is 23.2 Å². The first-order valence-electron chi connectivity index (χ1n) is 7.55. The van der Waals surface area contributed by atoms with Crippen molar-refractivity contribution in [1.29, 1.82) is 0 Å². The van der Waals surface area contributed by atoms with Crippen molar-refractivity contribution < 1.29 is 4.42 Å². The summed E-state index contributed by atoms with van der Waals surface area (Å²) in [5.74, 6) is 0. The molecule has 1 aromatic carbocycles. The number of aromatic nitrogens is 1. The van der Waals surface area contributed by atoms with Crippen molar-refractivity contribution in [3.8, 4) is 0 Å². The van der Waals surface area contributed by atoms with Crippen LogP contribution in [0.3, 0.4) is 0 Å². The maximum absolute atomic E-state index is 5.99. The highest BCUT2D eigenvalue weighted by Crippen LogP contribution is 2.25. The zero-order valence-corrected chi connectivity index (χ0v) is 12.6. The number of anilines is 1. The van der Waals surface area contributed by atoms with E-state index in [-0.39, 0.29) is 0 Å². The highest BCUT2D eigenvalue weighted by molar-refractivity contribution is 6.31. The van der Waals surface area contributed by atoms with E-state index in [9.17, 15) is 0 Å². The second-order valence-corrected chi connectivity index (χ2v) is 6.21. The van der Waals surface area contributed by atoms with Gasteiger partial charge in [-0.3, -0.25) is 4.90 Å². The SMILES string of the molecule is Clc1ccc2nc(N3CCN([C@H]4CCNC4)CC3)oc2c1. The van der Waals surface area contributed by atoms with Crippen molar-refractivity contribution in [2.45, 2.75) is 12.5 Å². The maximum atomic E-state index is 5.99. The van der Waals surface area contributed by atoms with Crippen LogP contribution < -0.4 is 10.2 Å². The maximum Gasteiger partial charge on any atom is 0.298 e.